The third-order valence-electron chi connectivity index (χ3n) is 2.85. The summed E-state index contributed by atoms with van der Waals surface area (Å²) in [5.41, 5.74) is 1.81. The van der Waals surface area contributed by atoms with E-state index in [-0.39, 0.29) is 0 Å². The summed E-state index contributed by atoms with van der Waals surface area (Å²) in [6.45, 7) is 6.14. The molecule has 2 nitrogen and oxygen atoms in total. The molecule has 1 aromatic heterocycles. The number of rotatable bonds is 3. The predicted molar refractivity (Wildman–Crippen MR) is 65.4 cm³/mol. The highest BCUT2D eigenvalue weighted by Gasteiger charge is 2.18. The molecule has 0 radical (unpaired) electrons. The van der Waals surface area contributed by atoms with Crippen LogP contribution in [0.1, 0.15) is 37.7 Å². The molecule has 0 saturated carbocycles. The first-order valence-electron chi connectivity index (χ1n) is 5.75. The minimum Gasteiger partial charge on any atom is -0.461 e. The number of hydrogen-bond acceptors (Lipinski definition) is 2. The van der Waals surface area contributed by atoms with Crippen LogP contribution in [0, 0.1) is 12.8 Å². The van der Waals surface area contributed by atoms with Gasteiger partial charge in [-0.3, -0.25) is 0 Å². The van der Waals surface area contributed by atoms with Crippen molar-refractivity contribution in [2.75, 3.05) is 0 Å². The number of aliphatic hydroxyl groups is 1. The zero-order chi connectivity index (χ0) is 11.7. The van der Waals surface area contributed by atoms with Gasteiger partial charge in [0.05, 0.1) is 6.10 Å². The summed E-state index contributed by atoms with van der Waals surface area (Å²) in [4.78, 5) is 0. The molecule has 1 N–H and O–H groups in total. The molecule has 2 rings (SSSR count). The molecule has 2 aromatic rings. The lowest BCUT2D eigenvalue weighted by atomic mass is 9.97. The van der Waals surface area contributed by atoms with Crippen molar-refractivity contribution in [1.29, 1.82) is 0 Å². The molecule has 0 amide bonds. The molecule has 0 spiro atoms. The van der Waals surface area contributed by atoms with Crippen LogP contribution in [0.2, 0.25) is 0 Å². The van der Waals surface area contributed by atoms with Crippen molar-refractivity contribution >= 4 is 11.0 Å². The van der Waals surface area contributed by atoms with Crippen LogP contribution in [-0.2, 0) is 0 Å². The van der Waals surface area contributed by atoms with E-state index < -0.39 is 6.10 Å². The maximum absolute atomic E-state index is 10.2. The SMILES string of the molecule is Cc1oc2ccccc2c1C(O)CC(C)C. The smallest absolute Gasteiger partial charge is 0.134 e. The van der Waals surface area contributed by atoms with Gasteiger partial charge in [0.2, 0.25) is 0 Å². The van der Waals surface area contributed by atoms with Gasteiger partial charge in [-0.25, -0.2) is 0 Å². The van der Waals surface area contributed by atoms with Crippen LogP contribution in [0.4, 0.5) is 0 Å². The van der Waals surface area contributed by atoms with E-state index in [1.54, 1.807) is 0 Å². The fraction of sp³-hybridized carbons (Fsp3) is 0.429. The molecular weight excluding hydrogens is 200 g/mol. The first kappa shape index (κ1) is 11.2. The van der Waals surface area contributed by atoms with Crippen molar-refractivity contribution in [2.45, 2.75) is 33.3 Å². The van der Waals surface area contributed by atoms with Gasteiger partial charge in [0.15, 0.2) is 0 Å². The summed E-state index contributed by atoms with van der Waals surface area (Å²) in [7, 11) is 0. The maximum atomic E-state index is 10.2. The topological polar surface area (TPSA) is 33.4 Å². The monoisotopic (exact) mass is 218 g/mol. The summed E-state index contributed by atoms with van der Waals surface area (Å²) >= 11 is 0. The lowest BCUT2D eigenvalue weighted by Crippen LogP contribution is -2.02. The van der Waals surface area contributed by atoms with E-state index in [0.717, 1.165) is 28.7 Å². The highest BCUT2D eigenvalue weighted by atomic mass is 16.3. The summed E-state index contributed by atoms with van der Waals surface area (Å²) in [6, 6.07) is 7.87. The van der Waals surface area contributed by atoms with Gasteiger partial charge in [0.25, 0.3) is 0 Å². The minimum absolute atomic E-state index is 0.427. The van der Waals surface area contributed by atoms with Gasteiger partial charge in [0, 0.05) is 10.9 Å². The molecule has 0 bridgehead atoms. The average molecular weight is 218 g/mol. The molecule has 86 valence electrons. The Morgan fingerprint density at radius 1 is 1.25 bits per heavy atom. The van der Waals surface area contributed by atoms with Crippen LogP contribution in [-0.4, -0.2) is 5.11 Å². The highest BCUT2D eigenvalue weighted by molar-refractivity contribution is 5.82. The van der Waals surface area contributed by atoms with Crippen LogP contribution < -0.4 is 0 Å². The maximum Gasteiger partial charge on any atom is 0.134 e. The van der Waals surface area contributed by atoms with Crippen LogP contribution in [0.25, 0.3) is 11.0 Å². The molecule has 0 aliphatic heterocycles. The van der Waals surface area contributed by atoms with Gasteiger partial charge in [-0.1, -0.05) is 32.0 Å². The zero-order valence-corrected chi connectivity index (χ0v) is 10.0. The van der Waals surface area contributed by atoms with E-state index >= 15 is 0 Å². The van der Waals surface area contributed by atoms with Crippen molar-refractivity contribution in [1.82, 2.24) is 0 Å². The van der Waals surface area contributed by atoms with Gasteiger partial charge < -0.3 is 9.52 Å². The lowest BCUT2D eigenvalue weighted by Gasteiger charge is -2.12. The fourth-order valence-corrected chi connectivity index (χ4v) is 2.17. The highest BCUT2D eigenvalue weighted by Crippen LogP contribution is 2.33. The van der Waals surface area contributed by atoms with Crippen molar-refractivity contribution in [3.8, 4) is 0 Å². The molecule has 1 unspecified atom stereocenters. The molecule has 0 aliphatic carbocycles. The fourth-order valence-electron chi connectivity index (χ4n) is 2.17. The van der Waals surface area contributed by atoms with Gasteiger partial charge in [0.1, 0.15) is 11.3 Å². The Labute approximate surface area is 95.9 Å². The molecule has 1 aromatic carbocycles. The van der Waals surface area contributed by atoms with Crippen molar-refractivity contribution < 1.29 is 9.52 Å². The first-order valence-corrected chi connectivity index (χ1v) is 5.75. The Hall–Kier alpha value is -1.28. The van der Waals surface area contributed by atoms with E-state index in [1.165, 1.54) is 0 Å². The summed E-state index contributed by atoms with van der Waals surface area (Å²) in [5.74, 6) is 1.30. The van der Waals surface area contributed by atoms with Gasteiger partial charge in [-0.15, -0.1) is 0 Å². The van der Waals surface area contributed by atoms with Gasteiger partial charge >= 0.3 is 0 Å². The second kappa shape index (κ2) is 4.30. The number of para-hydroxylation sites is 1. The van der Waals surface area contributed by atoms with Crippen LogP contribution in [0.5, 0.6) is 0 Å². The zero-order valence-electron chi connectivity index (χ0n) is 10.0. The van der Waals surface area contributed by atoms with E-state index in [0.29, 0.717) is 5.92 Å². The largest absolute Gasteiger partial charge is 0.461 e. The molecule has 2 heteroatoms. The molecule has 0 saturated heterocycles. The molecule has 1 heterocycles. The second-order valence-electron chi connectivity index (χ2n) is 4.71. The molecule has 0 fully saturated rings. The van der Waals surface area contributed by atoms with Crippen LogP contribution in [0.15, 0.2) is 28.7 Å². The Bertz CT molecular complexity index is 482. The molecule has 1 atom stereocenters. The third kappa shape index (κ3) is 1.98. The standard InChI is InChI=1S/C14H18O2/c1-9(2)8-12(15)14-10(3)16-13-7-5-4-6-11(13)14/h4-7,9,12,15H,8H2,1-3H3. The first-order chi connectivity index (χ1) is 7.59. The predicted octanol–water partition coefficient (Wildman–Crippen LogP) is 3.82. The number of furan rings is 1. The number of benzene rings is 1. The third-order valence-corrected chi connectivity index (χ3v) is 2.85. The average Bonchev–Trinajstić information content (AvgIpc) is 2.52. The number of aryl methyl sites for hydroxylation is 1. The number of hydrogen-bond donors (Lipinski definition) is 1. The van der Waals surface area contributed by atoms with E-state index in [2.05, 4.69) is 13.8 Å². The summed E-state index contributed by atoms with van der Waals surface area (Å²) in [5, 5.41) is 11.2. The summed E-state index contributed by atoms with van der Waals surface area (Å²) < 4.78 is 5.64. The van der Waals surface area contributed by atoms with Gasteiger partial charge in [-0.2, -0.15) is 0 Å². The van der Waals surface area contributed by atoms with Crippen molar-refractivity contribution in [3.63, 3.8) is 0 Å². The minimum atomic E-state index is -0.427. The molecule has 0 aliphatic rings. The second-order valence-corrected chi connectivity index (χ2v) is 4.71. The van der Waals surface area contributed by atoms with E-state index in [9.17, 15) is 5.11 Å². The quantitative estimate of drug-likeness (QED) is 0.849. The number of aliphatic hydroxyl groups excluding tert-OH is 1. The van der Waals surface area contributed by atoms with E-state index in [4.69, 9.17) is 4.42 Å². The Morgan fingerprint density at radius 3 is 2.62 bits per heavy atom. The van der Waals surface area contributed by atoms with Crippen LogP contribution >= 0.6 is 0 Å². The van der Waals surface area contributed by atoms with E-state index in [1.807, 2.05) is 31.2 Å². The Morgan fingerprint density at radius 2 is 1.94 bits per heavy atom. The van der Waals surface area contributed by atoms with Crippen molar-refractivity contribution in [2.24, 2.45) is 5.92 Å². The van der Waals surface area contributed by atoms with Crippen LogP contribution in [0.3, 0.4) is 0 Å². The van der Waals surface area contributed by atoms with Crippen molar-refractivity contribution in [3.05, 3.63) is 35.6 Å². The lowest BCUT2D eigenvalue weighted by molar-refractivity contribution is 0.150. The van der Waals surface area contributed by atoms with Gasteiger partial charge in [-0.05, 0) is 25.3 Å². The summed E-state index contributed by atoms with van der Waals surface area (Å²) in [6.07, 6.45) is 0.341. The Kier molecular flexibility index (Phi) is 3.01. The molecular formula is C14H18O2. The Balaban J connectivity index is 2.46. The normalized spacial score (nSPS) is 13.6. The number of fused-ring (bicyclic) bond motifs is 1. The molecule has 16 heavy (non-hydrogen) atoms.